The fraction of sp³-hybridized carbons (Fsp3) is 0.611. The zero-order chi connectivity index (χ0) is 15.3. The van der Waals surface area contributed by atoms with Crippen molar-refractivity contribution in [3.05, 3.63) is 35.4 Å². The molecule has 1 amide bonds. The lowest BCUT2D eigenvalue weighted by Crippen LogP contribution is -2.49. The molecule has 3 atom stereocenters. The van der Waals surface area contributed by atoms with Crippen LogP contribution in [0.4, 0.5) is 0 Å². The molecule has 0 aliphatic heterocycles. The highest BCUT2D eigenvalue weighted by Gasteiger charge is 2.58. The number of fused-ring (bicyclic) bond motifs is 2. The van der Waals surface area contributed by atoms with E-state index in [1.54, 1.807) is 0 Å². The summed E-state index contributed by atoms with van der Waals surface area (Å²) in [6.45, 7) is 8.12. The van der Waals surface area contributed by atoms with Gasteiger partial charge in [0.2, 0.25) is 5.91 Å². The molecule has 2 aliphatic rings. The van der Waals surface area contributed by atoms with Gasteiger partial charge in [-0.15, -0.1) is 0 Å². The van der Waals surface area contributed by atoms with Crippen LogP contribution in [0.1, 0.15) is 56.0 Å². The lowest BCUT2D eigenvalue weighted by molar-refractivity contribution is 0.100. The summed E-state index contributed by atoms with van der Waals surface area (Å²) in [5.41, 5.74) is 7.88. The van der Waals surface area contributed by atoms with Gasteiger partial charge in [0.05, 0.1) is 0 Å². The average molecular weight is 286 g/mol. The van der Waals surface area contributed by atoms with E-state index in [0.717, 1.165) is 12.5 Å². The van der Waals surface area contributed by atoms with E-state index < -0.39 is 0 Å². The van der Waals surface area contributed by atoms with Crippen LogP contribution in [0.15, 0.2) is 24.3 Å². The van der Waals surface area contributed by atoms with E-state index in [4.69, 9.17) is 5.73 Å². The van der Waals surface area contributed by atoms with E-state index in [1.165, 1.54) is 24.8 Å². The monoisotopic (exact) mass is 286 g/mol. The molecular weight excluding hydrogens is 260 g/mol. The quantitative estimate of drug-likeness (QED) is 0.893. The highest BCUT2D eigenvalue weighted by atomic mass is 16.1. The molecule has 3 nitrogen and oxygen atoms in total. The predicted octanol–water partition coefficient (Wildman–Crippen LogP) is 3.09. The second-order valence-corrected chi connectivity index (χ2v) is 7.79. The molecule has 114 valence electrons. The Kier molecular flexibility index (Phi) is 3.36. The third kappa shape index (κ3) is 2.38. The molecule has 2 fully saturated rings. The predicted molar refractivity (Wildman–Crippen MR) is 84.8 cm³/mol. The van der Waals surface area contributed by atoms with Crippen LogP contribution in [0.3, 0.4) is 0 Å². The van der Waals surface area contributed by atoms with Crippen LogP contribution in [0.5, 0.6) is 0 Å². The SMILES string of the molecule is CC12CCC(C1)C(C)(C)C2NCc1ccc(C(N)=O)cc1. The van der Waals surface area contributed by atoms with E-state index >= 15 is 0 Å². The van der Waals surface area contributed by atoms with Gasteiger partial charge in [-0.3, -0.25) is 4.79 Å². The topological polar surface area (TPSA) is 55.1 Å². The number of primary amides is 1. The van der Waals surface area contributed by atoms with Crippen LogP contribution in [0.25, 0.3) is 0 Å². The van der Waals surface area contributed by atoms with Crippen LogP contribution in [-0.4, -0.2) is 11.9 Å². The summed E-state index contributed by atoms with van der Waals surface area (Å²) >= 11 is 0. The summed E-state index contributed by atoms with van der Waals surface area (Å²) < 4.78 is 0. The van der Waals surface area contributed by atoms with Crippen molar-refractivity contribution >= 4 is 5.91 Å². The van der Waals surface area contributed by atoms with Crippen molar-refractivity contribution in [3.8, 4) is 0 Å². The van der Waals surface area contributed by atoms with Gasteiger partial charge in [0.15, 0.2) is 0 Å². The number of hydrogen-bond donors (Lipinski definition) is 2. The van der Waals surface area contributed by atoms with Crippen LogP contribution in [0.2, 0.25) is 0 Å². The molecule has 0 heterocycles. The Labute approximate surface area is 127 Å². The van der Waals surface area contributed by atoms with Gasteiger partial charge in [0, 0.05) is 18.2 Å². The van der Waals surface area contributed by atoms with Gasteiger partial charge >= 0.3 is 0 Å². The number of rotatable bonds is 4. The van der Waals surface area contributed by atoms with E-state index in [0.29, 0.717) is 22.4 Å². The maximum absolute atomic E-state index is 11.1. The van der Waals surface area contributed by atoms with Crippen LogP contribution in [0, 0.1) is 16.7 Å². The van der Waals surface area contributed by atoms with Crippen molar-refractivity contribution in [2.24, 2.45) is 22.5 Å². The van der Waals surface area contributed by atoms with Crippen LogP contribution < -0.4 is 11.1 Å². The Hall–Kier alpha value is -1.35. The molecule has 0 aromatic heterocycles. The van der Waals surface area contributed by atoms with Crippen molar-refractivity contribution in [1.29, 1.82) is 0 Å². The number of carbonyl (C=O) groups excluding carboxylic acids is 1. The largest absolute Gasteiger partial charge is 0.366 e. The first kappa shape index (κ1) is 14.6. The molecule has 3 N–H and O–H groups in total. The molecule has 3 rings (SSSR count). The molecule has 0 radical (unpaired) electrons. The summed E-state index contributed by atoms with van der Waals surface area (Å²) in [5.74, 6) is 0.494. The molecular formula is C18H26N2O. The summed E-state index contributed by atoms with van der Waals surface area (Å²) in [6, 6.07) is 8.19. The Morgan fingerprint density at radius 3 is 2.48 bits per heavy atom. The smallest absolute Gasteiger partial charge is 0.248 e. The number of carbonyl (C=O) groups is 1. The summed E-state index contributed by atoms with van der Waals surface area (Å²) in [6.07, 6.45) is 4.09. The maximum Gasteiger partial charge on any atom is 0.248 e. The molecule has 0 spiro atoms. The van der Waals surface area contributed by atoms with Gasteiger partial charge in [-0.2, -0.15) is 0 Å². The van der Waals surface area contributed by atoms with E-state index in [2.05, 4.69) is 26.1 Å². The van der Waals surface area contributed by atoms with Crippen molar-refractivity contribution in [3.63, 3.8) is 0 Å². The fourth-order valence-corrected chi connectivity index (χ4v) is 4.82. The molecule has 1 aromatic carbocycles. The van der Waals surface area contributed by atoms with Gasteiger partial charge in [-0.05, 0) is 53.7 Å². The summed E-state index contributed by atoms with van der Waals surface area (Å²) in [4.78, 5) is 11.1. The van der Waals surface area contributed by atoms with Crippen molar-refractivity contribution in [2.45, 2.75) is 52.6 Å². The lowest BCUT2D eigenvalue weighted by atomic mass is 9.68. The first-order valence-electron chi connectivity index (χ1n) is 7.95. The Balaban J connectivity index is 1.69. The minimum Gasteiger partial charge on any atom is -0.366 e. The van der Waals surface area contributed by atoms with Crippen LogP contribution >= 0.6 is 0 Å². The molecule has 2 saturated carbocycles. The Morgan fingerprint density at radius 2 is 1.95 bits per heavy atom. The fourth-order valence-electron chi connectivity index (χ4n) is 4.82. The van der Waals surface area contributed by atoms with Gasteiger partial charge in [0.25, 0.3) is 0 Å². The molecule has 2 aliphatic carbocycles. The molecule has 1 aromatic rings. The average Bonchev–Trinajstić information content (AvgIpc) is 2.90. The third-order valence-electron chi connectivity index (χ3n) is 6.02. The Morgan fingerprint density at radius 1 is 1.29 bits per heavy atom. The Bertz CT molecular complexity index is 544. The second-order valence-electron chi connectivity index (χ2n) is 7.79. The molecule has 0 saturated heterocycles. The minimum atomic E-state index is -0.365. The van der Waals surface area contributed by atoms with E-state index in [-0.39, 0.29) is 5.91 Å². The van der Waals surface area contributed by atoms with Crippen LogP contribution in [-0.2, 0) is 6.54 Å². The van der Waals surface area contributed by atoms with Crippen molar-refractivity contribution in [2.75, 3.05) is 0 Å². The van der Waals surface area contributed by atoms with Gasteiger partial charge in [0.1, 0.15) is 0 Å². The zero-order valence-electron chi connectivity index (χ0n) is 13.3. The highest BCUT2D eigenvalue weighted by Crippen LogP contribution is 2.62. The summed E-state index contributed by atoms with van der Waals surface area (Å²) in [5, 5.41) is 3.79. The molecule has 2 bridgehead atoms. The number of hydrogen-bond acceptors (Lipinski definition) is 2. The standard InChI is InChI=1S/C18H26N2O/c1-17(2)14-8-9-18(3,10-14)16(17)20-11-12-4-6-13(7-5-12)15(19)21/h4-7,14,16,20H,8-11H2,1-3H3,(H2,19,21). The molecule has 3 unspecified atom stereocenters. The summed E-state index contributed by atoms with van der Waals surface area (Å²) in [7, 11) is 0. The van der Waals surface area contributed by atoms with Gasteiger partial charge in [-0.25, -0.2) is 0 Å². The zero-order valence-corrected chi connectivity index (χ0v) is 13.3. The maximum atomic E-state index is 11.1. The first-order valence-corrected chi connectivity index (χ1v) is 7.95. The normalized spacial score (nSPS) is 33.3. The van der Waals surface area contributed by atoms with Gasteiger partial charge < -0.3 is 11.1 Å². The second kappa shape index (κ2) is 4.84. The number of nitrogens with two attached hydrogens (primary N) is 1. The number of benzene rings is 1. The highest BCUT2D eigenvalue weighted by molar-refractivity contribution is 5.92. The number of amides is 1. The van der Waals surface area contributed by atoms with Crippen molar-refractivity contribution in [1.82, 2.24) is 5.32 Å². The molecule has 21 heavy (non-hydrogen) atoms. The van der Waals surface area contributed by atoms with E-state index in [9.17, 15) is 4.79 Å². The third-order valence-corrected chi connectivity index (χ3v) is 6.02. The van der Waals surface area contributed by atoms with E-state index in [1.807, 2.05) is 24.3 Å². The lowest BCUT2D eigenvalue weighted by Gasteiger charge is -2.43. The number of nitrogens with one attached hydrogen (secondary N) is 1. The minimum absolute atomic E-state index is 0.365. The van der Waals surface area contributed by atoms with Gasteiger partial charge in [-0.1, -0.05) is 32.9 Å². The van der Waals surface area contributed by atoms with Crippen molar-refractivity contribution < 1.29 is 4.79 Å². The molecule has 3 heteroatoms. The first-order chi connectivity index (χ1) is 9.83.